The van der Waals surface area contributed by atoms with Gasteiger partial charge in [-0.15, -0.1) is 4.72 Å². The normalized spacial score (nSPS) is 16.1. The van der Waals surface area contributed by atoms with Crippen LogP contribution in [0.1, 0.15) is 44.9 Å². The topological polar surface area (TPSA) is 35.1 Å². The lowest BCUT2D eigenvalue weighted by atomic mass is 10.1. The maximum atomic E-state index is 12.8. The first kappa shape index (κ1) is 17.8. The van der Waals surface area contributed by atoms with Crippen molar-refractivity contribution in [2.75, 3.05) is 0 Å². The van der Waals surface area contributed by atoms with Crippen molar-refractivity contribution >= 4 is 27.3 Å². The van der Waals surface area contributed by atoms with E-state index < -0.39 is 33.9 Å². The molecule has 0 aliphatic carbocycles. The first-order chi connectivity index (χ1) is 8.91. The lowest BCUT2D eigenvalue weighted by molar-refractivity contribution is -0.137. The van der Waals surface area contributed by atoms with Crippen LogP contribution in [0.25, 0.3) is 0 Å². The highest BCUT2D eigenvalue weighted by molar-refractivity contribution is 9.10. The molecule has 0 radical (unpaired) electrons. The van der Waals surface area contributed by atoms with Crippen molar-refractivity contribution in [3.63, 3.8) is 0 Å². The quantitative estimate of drug-likeness (QED) is 0.789. The SMILES string of the molecule is CC(N[S@+]([O-])C(C)(C)C)c1cc(Br)cc(C(F)(F)F)c1. The number of nitrogens with one attached hydrogen (secondary N) is 1. The van der Waals surface area contributed by atoms with E-state index in [9.17, 15) is 17.7 Å². The molecule has 0 spiro atoms. The molecule has 0 aliphatic rings. The first-order valence-corrected chi connectivity index (χ1v) is 7.91. The minimum atomic E-state index is -4.40. The fraction of sp³-hybridized carbons (Fsp3) is 0.538. The molecule has 0 saturated carbocycles. The Morgan fingerprint density at radius 2 is 1.75 bits per heavy atom. The summed E-state index contributed by atoms with van der Waals surface area (Å²) in [6.45, 7) is 7.08. The summed E-state index contributed by atoms with van der Waals surface area (Å²) in [7, 11) is 0. The zero-order valence-electron chi connectivity index (χ0n) is 11.6. The van der Waals surface area contributed by atoms with Crippen molar-refractivity contribution < 1.29 is 17.7 Å². The summed E-state index contributed by atoms with van der Waals surface area (Å²) in [5.41, 5.74) is -0.290. The highest BCUT2D eigenvalue weighted by atomic mass is 79.9. The van der Waals surface area contributed by atoms with Gasteiger partial charge in [-0.25, -0.2) is 0 Å². The molecule has 0 heterocycles. The van der Waals surface area contributed by atoms with Crippen LogP contribution < -0.4 is 4.72 Å². The molecule has 2 nitrogen and oxygen atoms in total. The van der Waals surface area contributed by atoms with Crippen LogP contribution in [0.5, 0.6) is 0 Å². The Hall–Kier alpha value is -0.240. The number of benzene rings is 1. The van der Waals surface area contributed by atoms with Gasteiger partial charge in [0.2, 0.25) is 0 Å². The average Bonchev–Trinajstić information content (AvgIpc) is 2.25. The summed E-state index contributed by atoms with van der Waals surface area (Å²) in [6.07, 6.45) is -4.40. The van der Waals surface area contributed by atoms with Crippen molar-refractivity contribution in [3.8, 4) is 0 Å². The summed E-state index contributed by atoms with van der Waals surface area (Å²) in [6, 6.07) is 3.24. The van der Waals surface area contributed by atoms with Crippen LogP contribution >= 0.6 is 15.9 Å². The molecule has 0 fully saturated rings. The minimum Gasteiger partial charge on any atom is -0.598 e. The molecule has 1 aromatic carbocycles. The predicted octanol–water partition coefficient (Wildman–Crippen LogP) is 4.58. The standard InChI is InChI=1S/C13H17BrF3NOS/c1-8(18-20(19)12(2,3)4)9-5-10(13(15,16)17)7-11(14)6-9/h5-8,18H,1-4H3/t8?,20-/m1/s1. The van der Waals surface area contributed by atoms with Gasteiger partial charge in [-0.3, -0.25) is 0 Å². The van der Waals surface area contributed by atoms with Crippen molar-refractivity contribution in [1.82, 2.24) is 4.72 Å². The van der Waals surface area contributed by atoms with Crippen LogP contribution in [0, 0.1) is 0 Å². The fourth-order valence-corrected chi connectivity index (χ4v) is 2.75. The number of alkyl halides is 3. The Labute approximate surface area is 128 Å². The smallest absolute Gasteiger partial charge is 0.416 e. The van der Waals surface area contributed by atoms with Gasteiger partial charge in [0.25, 0.3) is 0 Å². The van der Waals surface area contributed by atoms with Crippen molar-refractivity contribution in [3.05, 3.63) is 33.8 Å². The third-order valence-corrected chi connectivity index (χ3v) is 4.73. The van der Waals surface area contributed by atoms with E-state index in [-0.39, 0.29) is 0 Å². The van der Waals surface area contributed by atoms with Gasteiger partial charge < -0.3 is 4.55 Å². The van der Waals surface area contributed by atoms with Gasteiger partial charge in [0, 0.05) is 15.8 Å². The first-order valence-electron chi connectivity index (χ1n) is 5.97. The highest BCUT2D eigenvalue weighted by Crippen LogP contribution is 2.33. The number of hydrogen-bond acceptors (Lipinski definition) is 2. The molecule has 0 saturated heterocycles. The summed E-state index contributed by atoms with van der Waals surface area (Å²) in [4.78, 5) is 0. The van der Waals surface area contributed by atoms with Gasteiger partial charge in [0.1, 0.15) is 4.75 Å². The molecule has 1 unspecified atom stereocenters. The molecule has 1 aromatic rings. The van der Waals surface area contributed by atoms with Crippen LogP contribution in [0.15, 0.2) is 22.7 Å². The summed E-state index contributed by atoms with van der Waals surface area (Å²) >= 11 is 1.73. The molecular formula is C13H17BrF3NOS. The molecular weight excluding hydrogens is 355 g/mol. The van der Waals surface area contributed by atoms with Crippen molar-refractivity contribution in [2.24, 2.45) is 0 Å². The molecule has 1 rings (SSSR count). The highest BCUT2D eigenvalue weighted by Gasteiger charge is 2.32. The Morgan fingerprint density at radius 1 is 1.20 bits per heavy atom. The van der Waals surface area contributed by atoms with Crippen LogP contribution in [-0.2, 0) is 17.5 Å². The van der Waals surface area contributed by atoms with Gasteiger partial charge in [-0.2, -0.15) is 13.2 Å². The van der Waals surface area contributed by atoms with Gasteiger partial charge in [0.15, 0.2) is 0 Å². The second-order valence-corrected chi connectivity index (χ2v) is 8.41. The minimum absolute atomic E-state index is 0.345. The molecule has 0 aliphatic heterocycles. The molecule has 2 atom stereocenters. The zero-order valence-corrected chi connectivity index (χ0v) is 14.0. The van der Waals surface area contributed by atoms with Crippen molar-refractivity contribution in [2.45, 2.75) is 44.7 Å². The largest absolute Gasteiger partial charge is 0.598 e. The van der Waals surface area contributed by atoms with Crippen LogP contribution in [0.2, 0.25) is 0 Å². The van der Waals surface area contributed by atoms with Crippen molar-refractivity contribution in [1.29, 1.82) is 0 Å². The molecule has 0 amide bonds. The van der Waals surface area contributed by atoms with E-state index in [0.717, 1.165) is 12.1 Å². The average molecular weight is 372 g/mol. The summed E-state index contributed by atoms with van der Waals surface area (Å²) in [5, 5.41) is 0. The number of hydrogen-bond donors (Lipinski definition) is 1. The van der Waals surface area contributed by atoms with Gasteiger partial charge in [0.05, 0.1) is 11.6 Å². The second kappa shape index (κ2) is 6.25. The third kappa shape index (κ3) is 4.95. The zero-order chi connectivity index (χ0) is 15.7. The monoisotopic (exact) mass is 371 g/mol. The molecule has 0 bridgehead atoms. The lowest BCUT2D eigenvalue weighted by Gasteiger charge is -2.26. The Kier molecular flexibility index (Phi) is 5.57. The van der Waals surface area contributed by atoms with E-state index in [1.165, 1.54) is 0 Å². The maximum absolute atomic E-state index is 12.8. The van der Waals surface area contributed by atoms with E-state index in [2.05, 4.69) is 20.7 Å². The van der Waals surface area contributed by atoms with E-state index >= 15 is 0 Å². The Balaban J connectivity index is 2.99. The Bertz CT molecular complexity index is 474. The summed E-state index contributed by atoms with van der Waals surface area (Å²) in [5.74, 6) is 0. The van der Waals surface area contributed by atoms with Gasteiger partial charge >= 0.3 is 6.18 Å². The predicted molar refractivity (Wildman–Crippen MR) is 78.6 cm³/mol. The lowest BCUT2D eigenvalue weighted by Crippen LogP contribution is -2.40. The van der Waals surface area contributed by atoms with Crippen LogP contribution in [0.4, 0.5) is 13.2 Å². The van der Waals surface area contributed by atoms with Crippen LogP contribution in [0.3, 0.4) is 0 Å². The van der Waals surface area contributed by atoms with Gasteiger partial charge in [-0.05, 0) is 51.5 Å². The number of rotatable bonds is 3. The second-order valence-electron chi connectivity index (χ2n) is 5.49. The van der Waals surface area contributed by atoms with E-state index in [1.54, 1.807) is 33.8 Å². The van der Waals surface area contributed by atoms with E-state index in [0.29, 0.717) is 10.0 Å². The Morgan fingerprint density at radius 3 is 2.20 bits per heavy atom. The molecule has 7 heteroatoms. The molecule has 0 aromatic heterocycles. The number of halogens is 4. The molecule has 20 heavy (non-hydrogen) atoms. The van der Waals surface area contributed by atoms with Gasteiger partial charge in [-0.1, -0.05) is 15.9 Å². The fourth-order valence-electron chi connectivity index (χ4n) is 1.43. The summed E-state index contributed by atoms with van der Waals surface area (Å²) < 4.78 is 53.0. The third-order valence-electron chi connectivity index (χ3n) is 2.59. The van der Waals surface area contributed by atoms with E-state index in [1.807, 2.05) is 0 Å². The van der Waals surface area contributed by atoms with Crippen LogP contribution in [-0.4, -0.2) is 9.30 Å². The van der Waals surface area contributed by atoms with E-state index in [4.69, 9.17) is 0 Å². The molecule has 114 valence electrons. The molecule has 1 N–H and O–H groups in total. The maximum Gasteiger partial charge on any atom is 0.416 e.